The fourth-order valence-electron chi connectivity index (χ4n) is 1.75. The Morgan fingerprint density at radius 1 is 1.36 bits per heavy atom. The molecule has 0 spiro atoms. The molecule has 1 aromatic carbocycles. The van der Waals surface area contributed by atoms with Gasteiger partial charge in [-0.1, -0.05) is 18.2 Å². The van der Waals surface area contributed by atoms with Gasteiger partial charge in [0.2, 0.25) is 5.88 Å². The van der Waals surface area contributed by atoms with Crippen LogP contribution in [0, 0.1) is 10.1 Å². The van der Waals surface area contributed by atoms with Crippen molar-refractivity contribution in [3.05, 3.63) is 64.3 Å². The lowest BCUT2D eigenvalue weighted by molar-refractivity contribution is -0.384. The van der Waals surface area contributed by atoms with Crippen LogP contribution in [0.3, 0.4) is 0 Å². The summed E-state index contributed by atoms with van der Waals surface area (Å²) in [7, 11) is 0. The fraction of sp³-hybridized carbons (Fsp3) is 0.143. The molecule has 0 saturated heterocycles. The van der Waals surface area contributed by atoms with Crippen molar-refractivity contribution in [2.45, 2.75) is 12.5 Å². The minimum Gasteiger partial charge on any atom is -0.480 e. The Balaban J connectivity index is 2.04. The zero-order valence-corrected chi connectivity index (χ0v) is 11.4. The van der Waals surface area contributed by atoms with Gasteiger partial charge < -0.3 is 9.94 Å². The van der Waals surface area contributed by atoms with Gasteiger partial charge in [0.05, 0.1) is 4.92 Å². The van der Waals surface area contributed by atoms with E-state index < -0.39 is 16.9 Å². The Hall–Kier alpha value is -3.00. The molecule has 0 aliphatic rings. The van der Waals surface area contributed by atoms with Gasteiger partial charge in [-0.25, -0.2) is 4.98 Å². The molecule has 0 aliphatic carbocycles. The van der Waals surface area contributed by atoms with Crippen molar-refractivity contribution in [2.75, 3.05) is 0 Å². The number of hydrogen-bond donors (Lipinski definition) is 2. The summed E-state index contributed by atoms with van der Waals surface area (Å²) in [5, 5.41) is 19.9. The Labute approximate surface area is 125 Å². The zero-order valence-electron chi connectivity index (χ0n) is 11.4. The number of hydrogen-bond acceptors (Lipinski definition) is 6. The second-order valence-corrected chi connectivity index (χ2v) is 4.41. The largest absolute Gasteiger partial charge is 0.480 e. The lowest BCUT2D eigenvalue weighted by atomic mass is 10.1. The lowest BCUT2D eigenvalue weighted by Gasteiger charge is -2.14. The molecule has 0 aliphatic heterocycles. The molecule has 114 valence electrons. The smallest absolute Gasteiger partial charge is 0.324 e. The van der Waals surface area contributed by atoms with Crippen LogP contribution in [0.1, 0.15) is 5.56 Å². The molecule has 0 radical (unpaired) electrons. The highest BCUT2D eigenvalue weighted by atomic mass is 16.7. The van der Waals surface area contributed by atoms with Gasteiger partial charge in [-0.2, -0.15) is 0 Å². The number of aliphatic carboxylic acids is 1. The van der Waals surface area contributed by atoms with Gasteiger partial charge in [-0.3, -0.25) is 14.9 Å². The number of hydroxylamine groups is 1. The number of nitro groups is 1. The first-order chi connectivity index (χ1) is 10.6. The van der Waals surface area contributed by atoms with Gasteiger partial charge in [0.25, 0.3) is 5.69 Å². The van der Waals surface area contributed by atoms with E-state index in [-0.39, 0.29) is 18.0 Å². The topological polar surface area (TPSA) is 115 Å². The van der Waals surface area contributed by atoms with E-state index >= 15 is 0 Å². The molecule has 0 saturated carbocycles. The summed E-state index contributed by atoms with van der Waals surface area (Å²) in [6, 6.07) is 9.70. The first-order valence-electron chi connectivity index (χ1n) is 6.36. The number of carbonyl (C=O) groups is 1. The number of pyridine rings is 1. The quantitative estimate of drug-likeness (QED) is 0.589. The standard InChI is InChI=1S/C14H13N3O5/c18-14(19)12(16-22-13-6-1-2-7-15-13)9-10-4-3-5-11(8-10)17(20)21/h1-8,12,16H,9H2,(H,18,19)/t12-/m0/s1. The van der Waals surface area contributed by atoms with Crippen LogP contribution in [0.5, 0.6) is 5.88 Å². The van der Waals surface area contributed by atoms with Crippen molar-refractivity contribution in [2.24, 2.45) is 0 Å². The molecule has 0 unspecified atom stereocenters. The Bertz CT molecular complexity index is 663. The number of benzene rings is 1. The highest BCUT2D eigenvalue weighted by Crippen LogP contribution is 2.14. The van der Waals surface area contributed by atoms with Crippen molar-refractivity contribution in [3.8, 4) is 5.88 Å². The van der Waals surface area contributed by atoms with E-state index in [9.17, 15) is 20.0 Å². The van der Waals surface area contributed by atoms with Gasteiger partial charge in [0, 0.05) is 30.8 Å². The van der Waals surface area contributed by atoms with E-state index in [1.165, 1.54) is 24.4 Å². The number of rotatable bonds is 7. The van der Waals surface area contributed by atoms with Crippen LogP contribution in [0.2, 0.25) is 0 Å². The van der Waals surface area contributed by atoms with Crippen molar-refractivity contribution in [1.82, 2.24) is 10.5 Å². The van der Waals surface area contributed by atoms with E-state index in [1.807, 2.05) is 0 Å². The second kappa shape index (κ2) is 7.14. The molecule has 2 rings (SSSR count). The minimum absolute atomic E-state index is 0.0316. The van der Waals surface area contributed by atoms with Crippen molar-refractivity contribution >= 4 is 11.7 Å². The number of aromatic nitrogens is 1. The molecular formula is C14H13N3O5. The molecule has 0 amide bonds. The number of nitrogens with zero attached hydrogens (tertiary/aromatic N) is 2. The number of carboxylic acids is 1. The fourth-order valence-corrected chi connectivity index (χ4v) is 1.75. The summed E-state index contributed by atoms with van der Waals surface area (Å²) < 4.78 is 0. The maximum Gasteiger partial charge on any atom is 0.324 e. The third-order valence-electron chi connectivity index (χ3n) is 2.80. The van der Waals surface area contributed by atoms with Crippen LogP contribution in [0.15, 0.2) is 48.7 Å². The Morgan fingerprint density at radius 3 is 2.82 bits per heavy atom. The number of carboxylic acid groups (broad SMARTS) is 1. The Morgan fingerprint density at radius 2 is 2.18 bits per heavy atom. The summed E-state index contributed by atoms with van der Waals surface area (Å²) in [5.74, 6) is -0.907. The minimum atomic E-state index is -1.14. The van der Waals surface area contributed by atoms with E-state index in [4.69, 9.17) is 4.84 Å². The predicted octanol–water partition coefficient (Wildman–Crippen LogP) is 1.57. The predicted molar refractivity (Wildman–Crippen MR) is 76.2 cm³/mol. The summed E-state index contributed by atoms with van der Waals surface area (Å²) in [5.41, 5.74) is 2.82. The summed E-state index contributed by atoms with van der Waals surface area (Å²) in [6.45, 7) is 0. The molecule has 1 atom stereocenters. The molecule has 2 aromatic rings. The van der Waals surface area contributed by atoms with E-state index in [0.29, 0.717) is 5.56 Å². The highest BCUT2D eigenvalue weighted by Gasteiger charge is 2.20. The molecule has 1 aromatic heterocycles. The van der Waals surface area contributed by atoms with Crippen molar-refractivity contribution < 1.29 is 19.7 Å². The van der Waals surface area contributed by atoms with Crippen molar-refractivity contribution in [1.29, 1.82) is 0 Å². The third-order valence-corrected chi connectivity index (χ3v) is 2.80. The van der Waals surface area contributed by atoms with E-state index in [0.717, 1.165) is 0 Å². The zero-order chi connectivity index (χ0) is 15.9. The van der Waals surface area contributed by atoms with Crippen LogP contribution < -0.4 is 10.3 Å². The molecule has 8 nitrogen and oxygen atoms in total. The van der Waals surface area contributed by atoms with Crippen LogP contribution in [-0.2, 0) is 11.2 Å². The van der Waals surface area contributed by atoms with E-state index in [1.54, 1.807) is 24.3 Å². The number of nitrogens with one attached hydrogen (secondary N) is 1. The molecule has 8 heteroatoms. The maximum absolute atomic E-state index is 11.2. The first kappa shape index (κ1) is 15.4. The van der Waals surface area contributed by atoms with Gasteiger partial charge in [-0.05, 0) is 11.6 Å². The maximum atomic E-state index is 11.2. The molecule has 2 N–H and O–H groups in total. The average molecular weight is 303 g/mol. The third kappa shape index (κ3) is 4.25. The molecular weight excluding hydrogens is 290 g/mol. The van der Waals surface area contributed by atoms with Gasteiger partial charge >= 0.3 is 5.97 Å². The number of non-ortho nitro benzene ring substituents is 1. The summed E-state index contributed by atoms with van der Waals surface area (Å²) in [4.78, 5) is 30.4. The number of nitro benzene ring substituents is 1. The van der Waals surface area contributed by atoms with Crippen LogP contribution >= 0.6 is 0 Å². The highest BCUT2D eigenvalue weighted by molar-refractivity contribution is 5.73. The second-order valence-electron chi connectivity index (χ2n) is 4.41. The lowest BCUT2D eigenvalue weighted by Crippen LogP contribution is -2.40. The van der Waals surface area contributed by atoms with E-state index in [2.05, 4.69) is 10.5 Å². The first-order valence-corrected chi connectivity index (χ1v) is 6.36. The molecule has 1 heterocycles. The molecule has 0 fully saturated rings. The average Bonchev–Trinajstić information content (AvgIpc) is 2.52. The van der Waals surface area contributed by atoms with Gasteiger partial charge in [-0.15, -0.1) is 5.48 Å². The van der Waals surface area contributed by atoms with Crippen LogP contribution in [0.25, 0.3) is 0 Å². The summed E-state index contributed by atoms with van der Waals surface area (Å²) in [6.07, 6.45) is 1.54. The van der Waals surface area contributed by atoms with Crippen LogP contribution in [0.4, 0.5) is 5.69 Å². The van der Waals surface area contributed by atoms with Crippen molar-refractivity contribution in [3.63, 3.8) is 0 Å². The van der Waals surface area contributed by atoms with Gasteiger partial charge in [0.1, 0.15) is 6.04 Å². The SMILES string of the molecule is O=C(O)[C@H](Cc1cccc([N+](=O)[O-])c1)NOc1ccccn1. The van der Waals surface area contributed by atoms with Gasteiger partial charge in [0.15, 0.2) is 0 Å². The molecule has 0 bridgehead atoms. The summed E-state index contributed by atoms with van der Waals surface area (Å²) >= 11 is 0. The normalized spacial score (nSPS) is 11.6. The van der Waals surface area contributed by atoms with Crippen LogP contribution in [-0.4, -0.2) is 27.0 Å². The molecule has 22 heavy (non-hydrogen) atoms. The monoisotopic (exact) mass is 303 g/mol. The Kier molecular flexibility index (Phi) is 4.99.